The van der Waals surface area contributed by atoms with Crippen molar-refractivity contribution < 1.29 is 9.18 Å². The normalized spacial score (nSPS) is 10.7. The van der Waals surface area contributed by atoms with E-state index < -0.39 is 0 Å². The Morgan fingerprint density at radius 2 is 1.90 bits per heavy atom. The van der Waals surface area contributed by atoms with Gasteiger partial charge in [-0.15, -0.1) is 0 Å². The molecule has 0 saturated carbocycles. The molecule has 2 N–H and O–H groups in total. The predicted octanol–water partition coefficient (Wildman–Crippen LogP) is 5.40. The second kappa shape index (κ2) is 9.87. The van der Waals surface area contributed by atoms with Crippen LogP contribution in [0.1, 0.15) is 30.5 Å². The molecule has 0 aliphatic carbocycles. The minimum atomic E-state index is -0.248. The summed E-state index contributed by atoms with van der Waals surface area (Å²) in [6.45, 7) is 2.71. The summed E-state index contributed by atoms with van der Waals surface area (Å²) in [5.74, 6) is -0.248. The van der Waals surface area contributed by atoms with Crippen molar-refractivity contribution in [3.05, 3.63) is 71.7 Å². The first kappa shape index (κ1) is 20.6. The van der Waals surface area contributed by atoms with E-state index in [0.29, 0.717) is 6.54 Å². The van der Waals surface area contributed by atoms with Gasteiger partial charge < -0.3 is 10.2 Å². The Morgan fingerprint density at radius 1 is 1.10 bits per heavy atom. The van der Waals surface area contributed by atoms with Crippen molar-refractivity contribution in [3.63, 3.8) is 0 Å². The summed E-state index contributed by atoms with van der Waals surface area (Å²) in [4.78, 5) is 14.0. The molecule has 2 aromatic carbocycles. The van der Waals surface area contributed by atoms with Crippen LogP contribution in [0.15, 0.2) is 54.6 Å². The lowest BCUT2D eigenvalue weighted by atomic mass is 10.1. The summed E-state index contributed by atoms with van der Waals surface area (Å²) in [5.41, 5.74) is 4.72. The molecule has 3 rings (SSSR count). The maximum atomic E-state index is 13.0. The number of aromatic nitrogens is 2. The molecule has 0 radical (unpaired) electrons. The molecule has 0 spiro atoms. The molecule has 0 unspecified atom stereocenters. The number of carbonyl (C=O) groups excluding carboxylic acids is 1. The van der Waals surface area contributed by atoms with Gasteiger partial charge in [0.15, 0.2) is 0 Å². The number of H-pyrrole nitrogens is 1. The van der Waals surface area contributed by atoms with Crippen LogP contribution in [0, 0.1) is 12.7 Å². The number of amides is 2. The molecule has 152 valence electrons. The molecular weight excluding hydrogens is 367 g/mol. The second-order valence-corrected chi connectivity index (χ2v) is 7.32. The Kier molecular flexibility index (Phi) is 7.00. The van der Waals surface area contributed by atoms with Crippen molar-refractivity contribution in [1.29, 1.82) is 0 Å². The fourth-order valence-corrected chi connectivity index (χ4v) is 3.14. The molecule has 0 aliphatic rings. The molecule has 5 nitrogen and oxygen atoms in total. The van der Waals surface area contributed by atoms with Crippen LogP contribution < -0.4 is 5.32 Å². The monoisotopic (exact) mass is 394 g/mol. The topological polar surface area (TPSA) is 61.0 Å². The summed E-state index contributed by atoms with van der Waals surface area (Å²) in [6.07, 6.45) is 3.87. The summed E-state index contributed by atoms with van der Waals surface area (Å²) in [7, 11) is 1.81. The molecule has 1 aromatic heterocycles. The van der Waals surface area contributed by atoms with Crippen molar-refractivity contribution in [1.82, 2.24) is 15.1 Å². The summed E-state index contributed by atoms with van der Waals surface area (Å²) in [5, 5.41) is 10.3. The summed E-state index contributed by atoms with van der Waals surface area (Å²) >= 11 is 0. The number of nitrogens with one attached hydrogen (secondary N) is 2. The van der Waals surface area contributed by atoms with Crippen LogP contribution in [0.5, 0.6) is 0 Å². The average molecular weight is 394 g/mol. The molecule has 0 aliphatic heterocycles. The van der Waals surface area contributed by atoms with Gasteiger partial charge in [0.25, 0.3) is 0 Å². The van der Waals surface area contributed by atoms with Crippen LogP contribution in [0.4, 0.5) is 14.9 Å². The molecule has 0 saturated heterocycles. The van der Waals surface area contributed by atoms with Crippen LogP contribution in [-0.4, -0.2) is 34.7 Å². The van der Waals surface area contributed by atoms with Crippen LogP contribution >= 0.6 is 0 Å². The van der Waals surface area contributed by atoms with E-state index in [1.54, 1.807) is 17.0 Å². The SMILES string of the molecule is Cc1cccc(NC(=O)N(C)CCCCCc2cc(-c3ccc(F)cc3)n[nH]2)c1. The zero-order valence-corrected chi connectivity index (χ0v) is 16.9. The first-order valence-electron chi connectivity index (χ1n) is 9.90. The second-order valence-electron chi connectivity index (χ2n) is 7.32. The van der Waals surface area contributed by atoms with Gasteiger partial charge in [-0.05, 0) is 74.2 Å². The van der Waals surface area contributed by atoms with Gasteiger partial charge in [-0.25, -0.2) is 9.18 Å². The van der Waals surface area contributed by atoms with Crippen molar-refractivity contribution in [2.24, 2.45) is 0 Å². The number of aryl methyl sites for hydroxylation is 2. The van der Waals surface area contributed by atoms with Crippen molar-refractivity contribution in [2.75, 3.05) is 18.9 Å². The highest BCUT2D eigenvalue weighted by molar-refractivity contribution is 5.89. The van der Waals surface area contributed by atoms with Gasteiger partial charge >= 0.3 is 6.03 Å². The molecule has 1 heterocycles. The largest absolute Gasteiger partial charge is 0.328 e. The fourth-order valence-electron chi connectivity index (χ4n) is 3.14. The zero-order chi connectivity index (χ0) is 20.6. The highest BCUT2D eigenvalue weighted by Crippen LogP contribution is 2.19. The van der Waals surface area contributed by atoms with E-state index in [1.807, 2.05) is 44.3 Å². The smallest absolute Gasteiger partial charge is 0.321 e. The van der Waals surface area contributed by atoms with Crippen molar-refractivity contribution in [2.45, 2.75) is 32.6 Å². The van der Waals surface area contributed by atoms with E-state index in [9.17, 15) is 9.18 Å². The highest BCUT2D eigenvalue weighted by atomic mass is 19.1. The van der Waals surface area contributed by atoms with Crippen LogP contribution in [0.3, 0.4) is 0 Å². The van der Waals surface area contributed by atoms with Gasteiger partial charge in [0, 0.05) is 30.5 Å². The van der Waals surface area contributed by atoms with Crippen molar-refractivity contribution >= 4 is 11.7 Å². The molecule has 3 aromatic rings. The van der Waals surface area contributed by atoms with Crippen molar-refractivity contribution in [3.8, 4) is 11.3 Å². The molecule has 0 atom stereocenters. The lowest BCUT2D eigenvalue weighted by Crippen LogP contribution is -2.32. The minimum Gasteiger partial charge on any atom is -0.328 e. The van der Waals surface area contributed by atoms with Gasteiger partial charge in [-0.2, -0.15) is 5.10 Å². The highest BCUT2D eigenvalue weighted by Gasteiger charge is 2.09. The standard InChI is InChI=1S/C23H27FN4O/c1-17-7-6-9-20(15-17)25-23(29)28(2)14-5-3-4-8-21-16-22(27-26-21)18-10-12-19(24)13-11-18/h6-7,9-13,15-16H,3-5,8,14H2,1-2H3,(H,25,29)(H,26,27). The predicted molar refractivity (Wildman–Crippen MR) is 114 cm³/mol. The number of halogens is 1. The third-order valence-electron chi connectivity index (χ3n) is 4.83. The summed E-state index contributed by atoms with van der Waals surface area (Å²) < 4.78 is 13.0. The van der Waals surface area contributed by atoms with Crippen LogP contribution in [0.25, 0.3) is 11.3 Å². The quantitative estimate of drug-likeness (QED) is 0.503. The Balaban J connectivity index is 1.36. The number of rotatable bonds is 8. The third kappa shape index (κ3) is 6.17. The first-order valence-corrected chi connectivity index (χ1v) is 9.90. The molecule has 0 bridgehead atoms. The average Bonchev–Trinajstić information content (AvgIpc) is 3.17. The Bertz CT molecular complexity index is 936. The number of benzene rings is 2. The first-order chi connectivity index (χ1) is 14.0. The molecule has 6 heteroatoms. The summed E-state index contributed by atoms with van der Waals surface area (Å²) in [6, 6.07) is 16.0. The number of carbonyl (C=O) groups is 1. The van der Waals surface area contributed by atoms with Gasteiger partial charge in [0.05, 0.1) is 5.69 Å². The third-order valence-corrected chi connectivity index (χ3v) is 4.83. The number of nitrogens with zero attached hydrogens (tertiary/aromatic N) is 2. The van der Waals surface area contributed by atoms with E-state index >= 15 is 0 Å². The van der Waals surface area contributed by atoms with Gasteiger partial charge in [0.2, 0.25) is 0 Å². The molecule has 29 heavy (non-hydrogen) atoms. The van der Waals surface area contributed by atoms with E-state index in [0.717, 1.165) is 53.9 Å². The van der Waals surface area contributed by atoms with E-state index in [2.05, 4.69) is 15.5 Å². The van der Waals surface area contributed by atoms with E-state index in [-0.39, 0.29) is 11.8 Å². The Morgan fingerprint density at radius 3 is 2.66 bits per heavy atom. The number of unbranched alkanes of at least 4 members (excludes halogenated alkanes) is 2. The molecule has 0 fully saturated rings. The molecule has 2 amide bonds. The molecular formula is C23H27FN4O. The van der Waals surface area contributed by atoms with E-state index in [1.165, 1.54) is 12.1 Å². The van der Waals surface area contributed by atoms with Crippen LogP contribution in [-0.2, 0) is 6.42 Å². The Labute approximate surface area is 170 Å². The lowest BCUT2D eigenvalue weighted by Gasteiger charge is -2.18. The van der Waals surface area contributed by atoms with Gasteiger partial charge in [0.1, 0.15) is 5.82 Å². The Hall–Kier alpha value is -3.15. The van der Waals surface area contributed by atoms with Crippen LogP contribution in [0.2, 0.25) is 0 Å². The van der Waals surface area contributed by atoms with Gasteiger partial charge in [-0.1, -0.05) is 18.6 Å². The number of anilines is 1. The number of hydrogen-bond acceptors (Lipinski definition) is 2. The number of hydrogen-bond donors (Lipinski definition) is 2. The lowest BCUT2D eigenvalue weighted by molar-refractivity contribution is 0.221. The maximum Gasteiger partial charge on any atom is 0.321 e. The number of aromatic amines is 1. The van der Waals surface area contributed by atoms with E-state index in [4.69, 9.17) is 0 Å². The fraction of sp³-hybridized carbons (Fsp3) is 0.304. The minimum absolute atomic E-state index is 0.0897. The van der Waals surface area contributed by atoms with Gasteiger partial charge in [-0.3, -0.25) is 5.10 Å². The maximum absolute atomic E-state index is 13.0. The zero-order valence-electron chi connectivity index (χ0n) is 16.9. The number of urea groups is 1.